The molecule has 0 heterocycles. The van der Waals surface area contributed by atoms with Crippen LogP contribution in [0, 0.1) is 5.82 Å². The van der Waals surface area contributed by atoms with Crippen LogP contribution in [0.4, 0.5) is 4.39 Å². The van der Waals surface area contributed by atoms with Crippen LogP contribution in [0.5, 0.6) is 0 Å². The Balaban J connectivity index is 2.35. The van der Waals surface area contributed by atoms with Gasteiger partial charge in [-0.2, -0.15) is 0 Å². The molecule has 0 bridgehead atoms. The highest BCUT2D eigenvalue weighted by molar-refractivity contribution is 5.70. The molecule has 3 nitrogen and oxygen atoms in total. The summed E-state index contributed by atoms with van der Waals surface area (Å²) < 4.78 is 17.7. The Hall–Kier alpha value is -1.42. The van der Waals surface area contributed by atoms with Crippen molar-refractivity contribution in [3.63, 3.8) is 0 Å². The van der Waals surface area contributed by atoms with Crippen molar-refractivity contribution in [2.45, 2.75) is 45.7 Å². The minimum atomic E-state index is -0.222. The number of hydrogen-bond acceptors (Lipinski definition) is 3. The predicted molar refractivity (Wildman–Crippen MR) is 73.4 cm³/mol. The van der Waals surface area contributed by atoms with E-state index < -0.39 is 0 Å². The molecule has 1 rings (SSSR count). The average molecular weight is 267 g/mol. The molecule has 4 heteroatoms. The lowest BCUT2D eigenvalue weighted by Crippen LogP contribution is -2.37. The first-order chi connectivity index (χ1) is 9.01. The molecule has 0 spiro atoms. The molecule has 2 atom stereocenters. The van der Waals surface area contributed by atoms with Crippen LogP contribution in [0.2, 0.25) is 0 Å². The zero-order valence-electron chi connectivity index (χ0n) is 11.8. The molecule has 0 fully saturated rings. The first kappa shape index (κ1) is 15.6. The molecule has 0 aliphatic heterocycles. The fourth-order valence-corrected chi connectivity index (χ4v) is 2.05. The summed E-state index contributed by atoms with van der Waals surface area (Å²) in [4.78, 5) is 11.3. The molecule has 0 aliphatic rings. The van der Waals surface area contributed by atoms with Gasteiger partial charge in [0.2, 0.25) is 0 Å². The molecule has 0 amide bonds. The third-order valence-electron chi connectivity index (χ3n) is 2.80. The number of carbonyl (C=O) groups is 1. The van der Waals surface area contributed by atoms with Crippen molar-refractivity contribution in [3.8, 4) is 0 Å². The zero-order chi connectivity index (χ0) is 14.3. The highest BCUT2D eigenvalue weighted by Crippen LogP contribution is 2.07. The zero-order valence-corrected chi connectivity index (χ0v) is 11.8. The first-order valence-corrected chi connectivity index (χ1v) is 6.67. The van der Waals surface area contributed by atoms with E-state index in [1.807, 2.05) is 13.8 Å². The fourth-order valence-electron chi connectivity index (χ4n) is 2.05. The molecule has 106 valence electrons. The average Bonchev–Trinajstić information content (AvgIpc) is 2.32. The maximum atomic E-state index is 12.8. The van der Waals surface area contributed by atoms with Gasteiger partial charge in [-0.15, -0.1) is 0 Å². The third-order valence-corrected chi connectivity index (χ3v) is 2.80. The van der Waals surface area contributed by atoms with E-state index >= 15 is 0 Å². The van der Waals surface area contributed by atoms with Gasteiger partial charge in [-0.25, -0.2) is 4.39 Å². The van der Waals surface area contributed by atoms with E-state index in [9.17, 15) is 9.18 Å². The van der Waals surface area contributed by atoms with Crippen LogP contribution >= 0.6 is 0 Å². The smallest absolute Gasteiger partial charge is 0.307 e. The molecule has 1 aromatic carbocycles. The lowest BCUT2D eigenvalue weighted by molar-refractivity contribution is -0.143. The van der Waals surface area contributed by atoms with Crippen LogP contribution in [0.25, 0.3) is 0 Å². The van der Waals surface area contributed by atoms with Gasteiger partial charge in [0.25, 0.3) is 0 Å². The summed E-state index contributed by atoms with van der Waals surface area (Å²) in [6, 6.07) is 6.77. The summed E-state index contributed by atoms with van der Waals surface area (Å²) >= 11 is 0. The van der Waals surface area contributed by atoms with Crippen molar-refractivity contribution >= 4 is 5.97 Å². The topological polar surface area (TPSA) is 38.3 Å². The van der Waals surface area contributed by atoms with E-state index in [0.29, 0.717) is 13.0 Å². The van der Waals surface area contributed by atoms with Gasteiger partial charge < -0.3 is 10.1 Å². The van der Waals surface area contributed by atoms with Crippen LogP contribution in [0.1, 0.15) is 32.8 Å². The Morgan fingerprint density at radius 2 is 1.89 bits per heavy atom. The second kappa shape index (κ2) is 7.89. The maximum absolute atomic E-state index is 12.8. The van der Waals surface area contributed by atoms with Crippen molar-refractivity contribution in [3.05, 3.63) is 35.6 Å². The normalized spacial score (nSPS) is 13.9. The summed E-state index contributed by atoms with van der Waals surface area (Å²) in [5.41, 5.74) is 1.07. The van der Waals surface area contributed by atoms with Crippen molar-refractivity contribution < 1.29 is 13.9 Å². The van der Waals surface area contributed by atoms with E-state index in [4.69, 9.17) is 4.74 Å². The van der Waals surface area contributed by atoms with Gasteiger partial charge in [0, 0.05) is 12.1 Å². The summed E-state index contributed by atoms with van der Waals surface area (Å²) in [5, 5.41) is 3.34. The van der Waals surface area contributed by atoms with Crippen LogP contribution < -0.4 is 5.32 Å². The number of rotatable bonds is 7. The van der Waals surface area contributed by atoms with Crippen LogP contribution in [-0.4, -0.2) is 24.7 Å². The number of carbonyl (C=O) groups excluding carboxylic acids is 1. The molecule has 1 N–H and O–H groups in total. The third kappa shape index (κ3) is 6.34. The first-order valence-electron chi connectivity index (χ1n) is 6.67. The minimum absolute atomic E-state index is 0.0644. The Bertz CT molecular complexity index is 392. The molecule has 0 saturated heterocycles. The quantitative estimate of drug-likeness (QED) is 0.772. The monoisotopic (exact) mass is 267 g/mol. The Morgan fingerprint density at radius 1 is 1.26 bits per heavy atom. The predicted octanol–water partition coefficient (Wildman–Crippen LogP) is 2.69. The van der Waals surface area contributed by atoms with Crippen molar-refractivity contribution in [1.29, 1.82) is 0 Å². The second-order valence-electron chi connectivity index (χ2n) is 4.81. The lowest BCUT2D eigenvalue weighted by Gasteiger charge is -2.19. The highest BCUT2D eigenvalue weighted by Gasteiger charge is 2.12. The van der Waals surface area contributed by atoms with E-state index in [1.54, 1.807) is 19.1 Å². The Kier molecular flexibility index (Phi) is 6.50. The standard InChI is InChI=1S/C15H22FNO2/c1-4-19-15(18)10-12(3)17-11(2)9-13-5-7-14(16)8-6-13/h5-8,11-12,17H,4,9-10H2,1-3H3. The SMILES string of the molecule is CCOC(=O)CC(C)NC(C)Cc1ccc(F)cc1. The van der Waals surface area contributed by atoms with Crippen LogP contribution in [0.15, 0.2) is 24.3 Å². The van der Waals surface area contributed by atoms with Crippen molar-refractivity contribution in [2.75, 3.05) is 6.61 Å². The van der Waals surface area contributed by atoms with E-state index in [-0.39, 0.29) is 23.9 Å². The van der Waals surface area contributed by atoms with E-state index in [2.05, 4.69) is 5.32 Å². The van der Waals surface area contributed by atoms with Crippen LogP contribution in [-0.2, 0) is 16.0 Å². The number of esters is 1. The van der Waals surface area contributed by atoms with Crippen molar-refractivity contribution in [1.82, 2.24) is 5.32 Å². The summed E-state index contributed by atoms with van der Waals surface area (Å²) in [6.07, 6.45) is 1.16. The number of halogens is 1. The summed E-state index contributed by atoms with van der Waals surface area (Å²) in [7, 11) is 0. The van der Waals surface area contributed by atoms with Gasteiger partial charge in [0.1, 0.15) is 5.82 Å². The van der Waals surface area contributed by atoms with Crippen LogP contribution in [0.3, 0.4) is 0 Å². The molecular weight excluding hydrogens is 245 g/mol. The Morgan fingerprint density at radius 3 is 2.47 bits per heavy atom. The van der Waals surface area contributed by atoms with Gasteiger partial charge in [-0.3, -0.25) is 4.79 Å². The molecule has 0 aromatic heterocycles. The molecule has 19 heavy (non-hydrogen) atoms. The van der Waals surface area contributed by atoms with Gasteiger partial charge in [-0.05, 0) is 44.9 Å². The van der Waals surface area contributed by atoms with Gasteiger partial charge >= 0.3 is 5.97 Å². The molecule has 1 aromatic rings. The maximum Gasteiger partial charge on any atom is 0.307 e. The number of hydrogen-bond donors (Lipinski definition) is 1. The number of nitrogens with one attached hydrogen (secondary N) is 1. The van der Waals surface area contributed by atoms with E-state index in [1.165, 1.54) is 12.1 Å². The van der Waals surface area contributed by atoms with Gasteiger partial charge in [-0.1, -0.05) is 12.1 Å². The molecule has 0 radical (unpaired) electrons. The fraction of sp³-hybridized carbons (Fsp3) is 0.533. The molecule has 0 aliphatic carbocycles. The minimum Gasteiger partial charge on any atom is -0.466 e. The largest absolute Gasteiger partial charge is 0.466 e. The summed E-state index contributed by atoms with van der Waals surface area (Å²) in [5.74, 6) is -0.406. The van der Waals surface area contributed by atoms with Gasteiger partial charge in [0.15, 0.2) is 0 Å². The Labute approximate surface area is 114 Å². The molecule has 0 saturated carbocycles. The second-order valence-corrected chi connectivity index (χ2v) is 4.81. The highest BCUT2D eigenvalue weighted by atomic mass is 19.1. The molecule has 2 unspecified atom stereocenters. The number of benzene rings is 1. The number of ether oxygens (including phenoxy) is 1. The van der Waals surface area contributed by atoms with Gasteiger partial charge in [0.05, 0.1) is 13.0 Å². The molecular formula is C15H22FNO2. The van der Waals surface area contributed by atoms with Crippen molar-refractivity contribution in [2.24, 2.45) is 0 Å². The summed E-state index contributed by atoms with van der Waals surface area (Å²) in [6.45, 7) is 6.22. The van der Waals surface area contributed by atoms with E-state index in [0.717, 1.165) is 12.0 Å². The lowest BCUT2D eigenvalue weighted by atomic mass is 10.1.